The number of hydrogen-bond acceptors (Lipinski definition) is 6. The fraction of sp³-hybridized carbons (Fsp3) is 0.364. The van der Waals surface area contributed by atoms with Gasteiger partial charge < -0.3 is 16.2 Å². The maximum atomic E-state index is 11.6. The van der Waals surface area contributed by atoms with Crippen LogP contribution in [0.2, 0.25) is 0 Å². The number of carbonyl (C=O) groups excluding carboxylic acids is 1. The molecule has 1 aromatic rings. The van der Waals surface area contributed by atoms with Crippen LogP contribution in [0.25, 0.3) is 0 Å². The molecule has 1 aromatic carbocycles. The number of hydrogen-bond donors (Lipinski definition) is 3. The second kappa shape index (κ2) is 7.98. The molecular formula is C11H17N3O4S2. The predicted molar refractivity (Wildman–Crippen MR) is 78.9 cm³/mol. The van der Waals surface area contributed by atoms with Crippen molar-refractivity contribution in [1.29, 1.82) is 0 Å². The van der Waals surface area contributed by atoms with E-state index < -0.39 is 16.1 Å². The van der Waals surface area contributed by atoms with E-state index in [1.807, 2.05) is 12.1 Å². The van der Waals surface area contributed by atoms with Gasteiger partial charge in [-0.15, -0.1) is 11.8 Å². The van der Waals surface area contributed by atoms with Gasteiger partial charge in [-0.05, 0) is 18.2 Å². The number of primary amides is 1. The zero-order valence-electron chi connectivity index (χ0n) is 10.7. The number of ether oxygens (including phenoxy) is 1. The van der Waals surface area contributed by atoms with Crippen LogP contribution in [0, 0.1) is 0 Å². The molecule has 20 heavy (non-hydrogen) atoms. The Labute approximate surface area is 122 Å². The number of nitrogen functional groups attached to an aromatic ring is 1. The third-order valence-electron chi connectivity index (χ3n) is 2.15. The zero-order valence-corrected chi connectivity index (χ0v) is 12.4. The van der Waals surface area contributed by atoms with Gasteiger partial charge in [0.1, 0.15) is 6.61 Å². The van der Waals surface area contributed by atoms with Crippen molar-refractivity contribution in [3.05, 3.63) is 24.3 Å². The Morgan fingerprint density at radius 1 is 1.40 bits per heavy atom. The van der Waals surface area contributed by atoms with Gasteiger partial charge in [0.25, 0.3) is 0 Å². The van der Waals surface area contributed by atoms with Crippen LogP contribution in [0.5, 0.6) is 0 Å². The van der Waals surface area contributed by atoms with Crippen molar-refractivity contribution >= 4 is 33.6 Å². The van der Waals surface area contributed by atoms with Crippen LogP contribution >= 0.6 is 11.8 Å². The number of amides is 1. The molecule has 0 aromatic heterocycles. The molecule has 0 saturated heterocycles. The van der Waals surface area contributed by atoms with Gasteiger partial charge in [-0.2, -0.15) is 0 Å². The molecule has 0 aliphatic carbocycles. The zero-order chi connectivity index (χ0) is 15.0. The van der Waals surface area contributed by atoms with Crippen LogP contribution in [0.3, 0.4) is 0 Å². The Morgan fingerprint density at radius 3 is 2.80 bits per heavy atom. The van der Waals surface area contributed by atoms with E-state index in [1.165, 1.54) is 11.8 Å². The fourth-order valence-corrected chi connectivity index (χ4v) is 3.67. The molecule has 0 aliphatic rings. The lowest BCUT2D eigenvalue weighted by Crippen LogP contribution is -2.31. The van der Waals surface area contributed by atoms with Crippen LogP contribution in [0.15, 0.2) is 29.2 Å². The minimum atomic E-state index is -3.39. The van der Waals surface area contributed by atoms with Crippen molar-refractivity contribution in [2.45, 2.75) is 4.90 Å². The summed E-state index contributed by atoms with van der Waals surface area (Å²) < 4.78 is 30.0. The summed E-state index contributed by atoms with van der Waals surface area (Å²) in [5.74, 6) is 0.360. The van der Waals surface area contributed by atoms with Gasteiger partial charge in [-0.3, -0.25) is 0 Å². The number of rotatable bonds is 8. The van der Waals surface area contributed by atoms with Gasteiger partial charge in [0.2, 0.25) is 10.0 Å². The predicted octanol–water partition coefficient (Wildman–Crippen LogP) is 0.376. The van der Waals surface area contributed by atoms with Crippen LogP contribution < -0.4 is 16.2 Å². The first-order chi connectivity index (χ1) is 9.39. The average Bonchev–Trinajstić information content (AvgIpc) is 2.34. The molecule has 7 nitrogen and oxygen atoms in total. The monoisotopic (exact) mass is 319 g/mol. The van der Waals surface area contributed by atoms with E-state index in [-0.39, 0.29) is 18.9 Å². The molecule has 0 heterocycles. The molecule has 5 N–H and O–H groups in total. The summed E-state index contributed by atoms with van der Waals surface area (Å²) in [5.41, 5.74) is 11.0. The van der Waals surface area contributed by atoms with Crippen LogP contribution in [0.1, 0.15) is 0 Å². The van der Waals surface area contributed by atoms with Gasteiger partial charge in [0.15, 0.2) is 0 Å². The van der Waals surface area contributed by atoms with Gasteiger partial charge in [0.05, 0.1) is 5.75 Å². The number of nitrogens with two attached hydrogens (primary N) is 2. The molecule has 0 atom stereocenters. The summed E-state index contributed by atoms with van der Waals surface area (Å²) in [7, 11) is -3.39. The quantitative estimate of drug-likeness (QED) is 0.361. The summed E-state index contributed by atoms with van der Waals surface area (Å²) in [5, 5.41) is 0. The third-order valence-corrected chi connectivity index (χ3v) is 4.79. The van der Waals surface area contributed by atoms with E-state index in [0.29, 0.717) is 11.4 Å². The molecular weight excluding hydrogens is 302 g/mol. The number of thioether (sulfide) groups is 1. The van der Waals surface area contributed by atoms with Crippen LogP contribution in [-0.2, 0) is 14.8 Å². The van der Waals surface area contributed by atoms with E-state index in [2.05, 4.69) is 9.46 Å². The minimum Gasteiger partial charge on any atom is -0.448 e. The molecule has 9 heteroatoms. The van der Waals surface area contributed by atoms with Crippen LogP contribution in [-0.4, -0.2) is 39.2 Å². The van der Waals surface area contributed by atoms with Gasteiger partial charge in [-0.1, -0.05) is 6.07 Å². The molecule has 1 amide bonds. The molecule has 0 aliphatic heterocycles. The Morgan fingerprint density at radius 2 is 2.15 bits per heavy atom. The Hall–Kier alpha value is -1.45. The lowest BCUT2D eigenvalue weighted by atomic mass is 10.3. The SMILES string of the molecule is NC(=O)OCCNS(=O)(=O)CCSc1cccc(N)c1. The van der Waals surface area contributed by atoms with Crippen molar-refractivity contribution in [3.63, 3.8) is 0 Å². The fourth-order valence-electron chi connectivity index (χ4n) is 1.29. The number of anilines is 1. The molecule has 0 spiro atoms. The maximum Gasteiger partial charge on any atom is 0.404 e. The summed E-state index contributed by atoms with van der Waals surface area (Å²) in [4.78, 5) is 11.2. The first-order valence-electron chi connectivity index (χ1n) is 5.77. The first-order valence-corrected chi connectivity index (χ1v) is 8.41. The number of nitrogens with one attached hydrogen (secondary N) is 1. The molecule has 0 saturated carbocycles. The van der Waals surface area contributed by atoms with E-state index in [4.69, 9.17) is 11.5 Å². The molecule has 112 valence electrons. The lowest BCUT2D eigenvalue weighted by molar-refractivity contribution is 0.159. The van der Waals surface area contributed by atoms with Crippen LogP contribution in [0.4, 0.5) is 10.5 Å². The molecule has 0 radical (unpaired) electrons. The van der Waals surface area contributed by atoms with Crippen molar-refractivity contribution in [2.75, 3.05) is 30.4 Å². The number of carbonyl (C=O) groups is 1. The minimum absolute atomic E-state index is 0.00816. The Kier molecular flexibility index (Phi) is 6.62. The molecule has 1 rings (SSSR count). The highest BCUT2D eigenvalue weighted by atomic mass is 32.2. The van der Waals surface area contributed by atoms with Crippen molar-refractivity contribution in [1.82, 2.24) is 4.72 Å². The van der Waals surface area contributed by atoms with E-state index in [1.54, 1.807) is 12.1 Å². The Bertz CT molecular complexity index is 548. The highest BCUT2D eigenvalue weighted by Crippen LogP contribution is 2.19. The van der Waals surface area contributed by atoms with Crippen molar-refractivity contribution < 1.29 is 17.9 Å². The first kappa shape index (κ1) is 16.6. The maximum absolute atomic E-state index is 11.6. The second-order valence-electron chi connectivity index (χ2n) is 3.80. The smallest absolute Gasteiger partial charge is 0.404 e. The average molecular weight is 319 g/mol. The summed E-state index contributed by atoms with van der Waals surface area (Å²) in [6.07, 6.45) is -0.929. The molecule has 0 unspecified atom stereocenters. The summed E-state index contributed by atoms with van der Waals surface area (Å²) in [6, 6.07) is 7.22. The molecule has 0 bridgehead atoms. The Balaban J connectivity index is 2.27. The van der Waals surface area contributed by atoms with Gasteiger partial charge in [0, 0.05) is 22.9 Å². The summed E-state index contributed by atoms with van der Waals surface area (Å²) >= 11 is 1.40. The van der Waals surface area contributed by atoms with Crippen molar-refractivity contribution in [2.24, 2.45) is 5.73 Å². The van der Waals surface area contributed by atoms with E-state index in [0.717, 1.165) is 4.90 Å². The largest absolute Gasteiger partial charge is 0.448 e. The van der Waals surface area contributed by atoms with Gasteiger partial charge in [-0.25, -0.2) is 17.9 Å². The highest BCUT2D eigenvalue weighted by molar-refractivity contribution is 8.00. The lowest BCUT2D eigenvalue weighted by Gasteiger charge is -2.07. The topological polar surface area (TPSA) is 125 Å². The normalized spacial score (nSPS) is 11.2. The standard InChI is InChI=1S/C11H17N3O4S2/c12-9-2-1-3-10(8-9)19-6-7-20(16,17)14-4-5-18-11(13)15/h1-3,8,14H,4-7,12H2,(H2,13,15). The van der Waals surface area contributed by atoms with E-state index in [9.17, 15) is 13.2 Å². The molecule has 0 fully saturated rings. The highest BCUT2D eigenvalue weighted by Gasteiger charge is 2.10. The summed E-state index contributed by atoms with van der Waals surface area (Å²) in [6.45, 7) is -0.0782. The van der Waals surface area contributed by atoms with E-state index >= 15 is 0 Å². The van der Waals surface area contributed by atoms with Crippen molar-refractivity contribution in [3.8, 4) is 0 Å². The third kappa shape index (κ3) is 7.22. The van der Waals surface area contributed by atoms with Gasteiger partial charge >= 0.3 is 6.09 Å². The number of sulfonamides is 1. The second-order valence-corrected chi connectivity index (χ2v) is 6.90. The number of benzene rings is 1.